The molecule has 0 aliphatic carbocycles. The van der Waals surface area contributed by atoms with Crippen LogP contribution >= 0.6 is 0 Å². The molecule has 0 atom stereocenters. The maximum absolute atomic E-state index is 15.0. The lowest BCUT2D eigenvalue weighted by atomic mass is 10.1. The molecule has 39 heavy (non-hydrogen) atoms. The molecule has 0 saturated heterocycles. The lowest BCUT2D eigenvalue weighted by Gasteiger charge is -2.15. The van der Waals surface area contributed by atoms with Crippen molar-refractivity contribution in [3.05, 3.63) is 77.8 Å². The van der Waals surface area contributed by atoms with E-state index in [1.165, 1.54) is 30.7 Å². The van der Waals surface area contributed by atoms with E-state index in [1.807, 2.05) is 7.05 Å². The van der Waals surface area contributed by atoms with Crippen LogP contribution in [0.4, 0.5) is 14.5 Å². The number of halogens is 2. The summed E-state index contributed by atoms with van der Waals surface area (Å²) < 4.78 is 46.9. The molecule has 0 saturated carbocycles. The molecule has 11 heteroatoms. The number of benzene rings is 2. The topological polar surface area (TPSA) is 115 Å². The molecule has 4 aromatic rings. The highest BCUT2D eigenvalue weighted by molar-refractivity contribution is 6.06. The number of nitrogens with one attached hydrogen (secondary N) is 2. The number of aliphatic hydroxyl groups excluding tert-OH is 1. The van der Waals surface area contributed by atoms with E-state index in [1.54, 1.807) is 19.1 Å². The zero-order valence-electron chi connectivity index (χ0n) is 21.5. The van der Waals surface area contributed by atoms with E-state index >= 15 is 8.78 Å². The first kappa shape index (κ1) is 27.7. The highest BCUT2D eigenvalue weighted by Gasteiger charge is 2.19. The summed E-state index contributed by atoms with van der Waals surface area (Å²) in [6.45, 7) is 2.98. The predicted molar refractivity (Wildman–Crippen MR) is 141 cm³/mol. The Morgan fingerprint density at radius 1 is 1.03 bits per heavy atom. The number of nitrogens with zero attached hydrogens (tertiary/aromatic N) is 2. The molecule has 2 aromatic carbocycles. The van der Waals surface area contributed by atoms with Gasteiger partial charge in [-0.25, -0.2) is 8.78 Å². The van der Waals surface area contributed by atoms with Gasteiger partial charge in [-0.2, -0.15) is 0 Å². The first-order valence-corrected chi connectivity index (χ1v) is 12.3. The minimum Gasteiger partial charge on any atom is -0.493 e. The molecule has 204 valence electrons. The summed E-state index contributed by atoms with van der Waals surface area (Å²) in [5.74, 6) is -2.47. The summed E-state index contributed by atoms with van der Waals surface area (Å²) in [7, 11) is 1.84. The van der Waals surface area contributed by atoms with Gasteiger partial charge >= 0.3 is 0 Å². The third kappa shape index (κ3) is 6.57. The van der Waals surface area contributed by atoms with Crippen LogP contribution in [0.5, 0.6) is 23.0 Å². The summed E-state index contributed by atoms with van der Waals surface area (Å²) in [6.07, 6.45) is 4.98. The van der Waals surface area contributed by atoms with Crippen molar-refractivity contribution in [1.29, 1.82) is 0 Å². The molecule has 0 aliphatic heterocycles. The van der Waals surface area contributed by atoms with Gasteiger partial charge in [-0.3, -0.25) is 14.8 Å². The third-order valence-electron chi connectivity index (χ3n) is 5.68. The number of aliphatic hydroxyl groups is 1. The van der Waals surface area contributed by atoms with Crippen LogP contribution in [0.25, 0.3) is 10.9 Å². The number of carbonyl (C=O) groups excluding carboxylic acids is 1. The highest BCUT2D eigenvalue weighted by atomic mass is 19.1. The standard InChI is InChI=1S/C28H28F2N4O5/c1-3-37-24-5-8-32-15-20(24)28(36)34-18-12-21(29)27(22(30)13-18)39-25-6-9-33-23-14-26(38-10-4-7-31-2)17(16-35)11-19(23)25/h5-6,8-9,11-15,31,35H,3-4,7,10,16H2,1-2H3,(H,34,36). The van der Waals surface area contributed by atoms with Gasteiger partial charge in [0.15, 0.2) is 17.4 Å². The average molecular weight is 539 g/mol. The van der Waals surface area contributed by atoms with Gasteiger partial charge in [-0.1, -0.05) is 0 Å². The summed E-state index contributed by atoms with van der Waals surface area (Å²) in [5, 5.41) is 15.8. The number of carbonyl (C=O) groups is 1. The van der Waals surface area contributed by atoms with E-state index in [0.717, 1.165) is 25.1 Å². The van der Waals surface area contributed by atoms with Crippen molar-refractivity contribution in [3.8, 4) is 23.0 Å². The Kier molecular flexibility index (Phi) is 9.18. The van der Waals surface area contributed by atoms with E-state index in [4.69, 9.17) is 14.2 Å². The zero-order chi connectivity index (χ0) is 27.8. The van der Waals surface area contributed by atoms with E-state index in [2.05, 4.69) is 20.6 Å². The second-order valence-electron chi connectivity index (χ2n) is 8.38. The number of pyridine rings is 2. The largest absolute Gasteiger partial charge is 0.493 e. The molecule has 0 bridgehead atoms. The molecule has 2 heterocycles. The first-order chi connectivity index (χ1) is 18.9. The smallest absolute Gasteiger partial charge is 0.261 e. The molecule has 1 amide bonds. The second-order valence-corrected chi connectivity index (χ2v) is 8.38. The summed E-state index contributed by atoms with van der Waals surface area (Å²) in [6, 6.07) is 8.14. The number of hydrogen-bond acceptors (Lipinski definition) is 8. The maximum Gasteiger partial charge on any atom is 0.261 e. The number of anilines is 1. The van der Waals surface area contributed by atoms with Gasteiger partial charge in [-0.15, -0.1) is 0 Å². The second kappa shape index (κ2) is 12.9. The Balaban J connectivity index is 1.58. The Morgan fingerprint density at radius 3 is 2.51 bits per heavy atom. The van der Waals surface area contributed by atoms with Crippen LogP contribution in [0.3, 0.4) is 0 Å². The quantitative estimate of drug-likeness (QED) is 0.220. The number of hydrogen-bond donors (Lipinski definition) is 3. The fourth-order valence-corrected chi connectivity index (χ4v) is 3.84. The molecule has 3 N–H and O–H groups in total. The lowest BCUT2D eigenvalue weighted by Crippen LogP contribution is -2.14. The van der Waals surface area contributed by atoms with Crippen LogP contribution in [0.2, 0.25) is 0 Å². The highest BCUT2D eigenvalue weighted by Crippen LogP contribution is 2.36. The minimum atomic E-state index is -1.03. The van der Waals surface area contributed by atoms with Crippen LogP contribution in [0.1, 0.15) is 29.3 Å². The molecule has 9 nitrogen and oxygen atoms in total. The summed E-state index contributed by atoms with van der Waals surface area (Å²) in [4.78, 5) is 20.9. The van der Waals surface area contributed by atoms with Crippen LogP contribution in [-0.4, -0.2) is 47.8 Å². The van der Waals surface area contributed by atoms with Crippen molar-refractivity contribution in [2.45, 2.75) is 20.0 Å². The first-order valence-electron chi connectivity index (χ1n) is 12.3. The van der Waals surface area contributed by atoms with Crippen LogP contribution in [-0.2, 0) is 6.61 Å². The van der Waals surface area contributed by atoms with Gasteiger partial charge in [-0.05, 0) is 45.1 Å². The average Bonchev–Trinajstić information content (AvgIpc) is 2.93. The summed E-state index contributed by atoms with van der Waals surface area (Å²) >= 11 is 0. The van der Waals surface area contributed by atoms with E-state index in [0.29, 0.717) is 41.2 Å². The fraction of sp³-hybridized carbons (Fsp3) is 0.250. The molecule has 2 aromatic heterocycles. The lowest BCUT2D eigenvalue weighted by molar-refractivity contribution is 0.102. The molecule has 0 fully saturated rings. The Morgan fingerprint density at radius 2 is 1.79 bits per heavy atom. The molecule has 4 rings (SSSR count). The number of fused-ring (bicyclic) bond motifs is 1. The maximum atomic E-state index is 15.0. The molecule has 0 spiro atoms. The van der Waals surface area contributed by atoms with Crippen molar-refractivity contribution >= 4 is 22.5 Å². The van der Waals surface area contributed by atoms with Crippen molar-refractivity contribution in [2.24, 2.45) is 0 Å². The molecule has 0 radical (unpaired) electrons. The van der Waals surface area contributed by atoms with E-state index in [-0.39, 0.29) is 23.6 Å². The number of rotatable bonds is 12. The predicted octanol–water partition coefficient (Wildman–Crippen LogP) is 4.83. The monoisotopic (exact) mass is 538 g/mol. The van der Waals surface area contributed by atoms with Crippen molar-refractivity contribution in [2.75, 3.05) is 32.1 Å². The SMILES string of the molecule is CCOc1ccncc1C(=O)Nc1cc(F)c(Oc2ccnc3cc(OCCCNC)c(CO)cc23)c(F)c1. The van der Waals surface area contributed by atoms with Gasteiger partial charge < -0.3 is 30.0 Å². The zero-order valence-corrected chi connectivity index (χ0v) is 21.5. The van der Waals surface area contributed by atoms with Gasteiger partial charge in [0, 0.05) is 53.4 Å². The Bertz CT molecular complexity index is 1440. The van der Waals surface area contributed by atoms with Gasteiger partial charge in [0.25, 0.3) is 5.91 Å². The number of amides is 1. The normalized spacial score (nSPS) is 10.9. The van der Waals surface area contributed by atoms with Gasteiger partial charge in [0.05, 0.1) is 30.9 Å². The van der Waals surface area contributed by atoms with E-state index in [9.17, 15) is 9.90 Å². The summed E-state index contributed by atoms with van der Waals surface area (Å²) in [5.41, 5.74) is 0.940. The molecular formula is C28H28F2N4O5. The van der Waals surface area contributed by atoms with Crippen molar-refractivity contribution in [1.82, 2.24) is 15.3 Å². The molecule has 0 unspecified atom stereocenters. The molecular weight excluding hydrogens is 510 g/mol. The number of aromatic nitrogens is 2. The Labute approximate surface area is 223 Å². The van der Waals surface area contributed by atoms with Crippen molar-refractivity contribution < 1.29 is 32.9 Å². The van der Waals surface area contributed by atoms with Gasteiger partial charge in [0.1, 0.15) is 17.2 Å². The van der Waals surface area contributed by atoms with Gasteiger partial charge in [0.2, 0.25) is 0 Å². The van der Waals surface area contributed by atoms with Crippen LogP contribution in [0, 0.1) is 11.6 Å². The van der Waals surface area contributed by atoms with E-state index < -0.39 is 23.3 Å². The Hall–Kier alpha value is -4.35. The third-order valence-corrected chi connectivity index (χ3v) is 5.68. The van der Waals surface area contributed by atoms with Crippen LogP contribution in [0.15, 0.2) is 55.0 Å². The minimum absolute atomic E-state index is 0.115. The van der Waals surface area contributed by atoms with Crippen molar-refractivity contribution in [3.63, 3.8) is 0 Å². The molecule has 0 aliphatic rings. The fourth-order valence-electron chi connectivity index (χ4n) is 3.84. The number of ether oxygens (including phenoxy) is 3. The van der Waals surface area contributed by atoms with Crippen LogP contribution < -0.4 is 24.8 Å².